The van der Waals surface area contributed by atoms with E-state index in [1.165, 1.54) is 17.3 Å². The fourth-order valence-corrected chi connectivity index (χ4v) is 4.91. The van der Waals surface area contributed by atoms with Crippen LogP contribution >= 0.6 is 0 Å². The summed E-state index contributed by atoms with van der Waals surface area (Å²) in [5.41, 5.74) is 13.7. The molecule has 9 heteroatoms. The summed E-state index contributed by atoms with van der Waals surface area (Å²) in [5.74, 6) is 0.0931. The Bertz CT molecular complexity index is 1290. The van der Waals surface area contributed by atoms with Crippen LogP contribution in [0.2, 0.25) is 0 Å². The van der Waals surface area contributed by atoms with E-state index < -0.39 is 0 Å². The zero-order valence-corrected chi connectivity index (χ0v) is 22.2. The van der Waals surface area contributed by atoms with Gasteiger partial charge in [-0.15, -0.1) is 0 Å². The molecule has 4 N–H and O–H groups in total. The van der Waals surface area contributed by atoms with Crippen molar-refractivity contribution in [2.75, 3.05) is 39.1 Å². The number of piperazine rings is 1. The largest absolute Gasteiger partial charge is 0.398 e. The lowest BCUT2D eigenvalue weighted by Crippen LogP contribution is -2.47. The van der Waals surface area contributed by atoms with E-state index in [0.717, 1.165) is 52.5 Å². The Morgan fingerprint density at radius 3 is 2.34 bits per heavy atom. The molecule has 0 radical (unpaired) electrons. The second-order valence-corrected chi connectivity index (χ2v) is 9.43. The molecule has 2 heterocycles. The lowest BCUT2D eigenvalue weighted by atomic mass is 9.83. The van der Waals surface area contributed by atoms with Gasteiger partial charge >= 0.3 is 0 Å². The number of hydrogen-bond donors (Lipinski definition) is 3. The summed E-state index contributed by atoms with van der Waals surface area (Å²) in [6.07, 6.45) is 3.90. The Morgan fingerprint density at radius 1 is 1.11 bits per heavy atom. The van der Waals surface area contributed by atoms with Gasteiger partial charge in [0.05, 0.1) is 24.5 Å². The predicted molar refractivity (Wildman–Crippen MR) is 149 cm³/mol. The molecule has 0 saturated carbocycles. The molecule has 38 heavy (non-hydrogen) atoms. The first-order valence-electron chi connectivity index (χ1n) is 12.6. The van der Waals surface area contributed by atoms with E-state index >= 15 is 0 Å². The number of rotatable bonds is 3. The number of carbonyl (C=O) groups excluding carboxylic acids is 2. The average molecular weight is 522 g/mol. The third-order valence-electron chi connectivity index (χ3n) is 6.99. The number of aryl methyl sites for hydroxylation is 2. The Labute approximate surface area is 222 Å². The van der Waals surface area contributed by atoms with E-state index in [0.29, 0.717) is 45.5 Å². The second-order valence-electron chi connectivity index (χ2n) is 9.43. The van der Waals surface area contributed by atoms with E-state index in [1.54, 1.807) is 16.7 Å². The van der Waals surface area contributed by atoms with E-state index in [9.17, 15) is 19.1 Å². The molecule has 1 aliphatic carbocycles. The lowest BCUT2D eigenvalue weighted by Gasteiger charge is -2.31. The summed E-state index contributed by atoms with van der Waals surface area (Å²) in [6, 6.07) is 12.1. The van der Waals surface area contributed by atoms with Crippen LogP contribution in [-0.4, -0.2) is 77.9 Å². The van der Waals surface area contributed by atoms with Crippen molar-refractivity contribution in [3.05, 3.63) is 58.7 Å². The second kappa shape index (κ2) is 13.1. The number of aliphatic hydroxyl groups excluding tert-OH is 1. The van der Waals surface area contributed by atoms with Crippen LogP contribution in [0.3, 0.4) is 0 Å². The summed E-state index contributed by atoms with van der Waals surface area (Å²) in [5, 5.41) is 19.0. The van der Waals surface area contributed by atoms with Crippen LogP contribution in [-0.2, 0) is 22.4 Å². The van der Waals surface area contributed by atoms with Gasteiger partial charge in [-0.3, -0.25) is 14.0 Å². The fourth-order valence-electron chi connectivity index (χ4n) is 4.91. The molecule has 5 rings (SSSR count). The normalized spacial score (nSPS) is 16.4. The molecule has 2 amide bonds. The highest BCUT2D eigenvalue weighted by molar-refractivity contribution is 6.05. The number of amides is 2. The molecule has 1 atom stereocenters. The molecule has 3 aromatic rings. The number of nitrogen functional groups attached to an aromatic ring is 1. The molecule has 1 unspecified atom stereocenters. The molecule has 2 aliphatic rings. The zero-order valence-electron chi connectivity index (χ0n) is 22.2. The number of hydrogen-bond acceptors (Lipinski definition) is 6. The van der Waals surface area contributed by atoms with Crippen molar-refractivity contribution in [2.24, 2.45) is 0 Å². The Morgan fingerprint density at radius 2 is 1.76 bits per heavy atom. The minimum atomic E-state index is -0.347. The molecule has 202 valence electrons. The van der Waals surface area contributed by atoms with Gasteiger partial charge in [-0.05, 0) is 43.0 Å². The van der Waals surface area contributed by atoms with Gasteiger partial charge in [0.15, 0.2) is 0 Å². The van der Waals surface area contributed by atoms with Gasteiger partial charge in [0, 0.05) is 67.9 Å². The number of carbonyl (C=O) groups is 2. The van der Waals surface area contributed by atoms with Crippen LogP contribution in [0, 0.1) is 12.3 Å². The number of alkyl halides is 1. The molecule has 1 fully saturated rings. The maximum absolute atomic E-state index is 10.8. The van der Waals surface area contributed by atoms with Gasteiger partial charge in [0.2, 0.25) is 12.3 Å². The third-order valence-corrected chi connectivity index (χ3v) is 6.99. The quantitative estimate of drug-likeness (QED) is 0.276. The summed E-state index contributed by atoms with van der Waals surface area (Å²) in [4.78, 5) is 29.4. The van der Waals surface area contributed by atoms with Crippen LogP contribution in [0.1, 0.15) is 35.6 Å². The summed E-state index contributed by atoms with van der Waals surface area (Å²) < 4.78 is 9.50. The summed E-state index contributed by atoms with van der Waals surface area (Å²) >= 11 is 0. The van der Waals surface area contributed by atoms with Crippen molar-refractivity contribution in [1.82, 2.24) is 14.8 Å². The van der Waals surface area contributed by atoms with Gasteiger partial charge in [-0.1, -0.05) is 29.8 Å². The number of benzene rings is 2. The predicted octanol–water partition coefficient (Wildman–Crippen LogP) is 3.53. The van der Waals surface area contributed by atoms with Crippen LogP contribution in [0.5, 0.6) is 0 Å². The highest BCUT2D eigenvalue weighted by atomic mass is 19.1. The molecule has 2 aromatic carbocycles. The number of aromatic nitrogens is 1. The highest BCUT2D eigenvalue weighted by Crippen LogP contribution is 2.37. The third kappa shape index (κ3) is 6.34. The van der Waals surface area contributed by atoms with Crippen LogP contribution < -0.4 is 5.73 Å². The number of fused-ring (bicyclic) bond motifs is 3. The van der Waals surface area contributed by atoms with Crippen LogP contribution in [0.4, 0.5) is 10.1 Å². The Balaban J connectivity index is 0.000000259. The highest BCUT2D eigenvalue weighted by Gasteiger charge is 2.25. The number of halogens is 1. The lowest BCUT2D eigenvalue weighted by molar-refractivity contribution is -0.133. The van der Waals surface area contributed by atoms with Gasteiger partial charge in [0.25, 0.3) is 0 Å². The molecular weight excluding hydrogens is 485 g/mol. The van der Waals surface area contributed by atoms with Gasteiger partial charge in [-0.2, -0.15) is 0 Å². The van der Waals surface area contributed by atoms with Gasteiger partial charge in [0.1, 0.15) is 0 Å². The fraction of sp³-hybridized carbons (Fsp3) is 0.379. The van der Waals surface area contributed by atoms with Crippen molar-refractivity contribution in [1.29, 1.82) is 5.41 Å². The van der Waals surface area contributed by atoms with Crippen molar-refractivity contribution in [2.45, 2.75) is 39.2 Å². The first-order chi connectivity index (χ1) is 18.3. The molecule has 1 aliphatic heterocycles. The van der Waals surface area contributed by atoms with E-state index in [-0.39, 0.29) is 12.0 Å². The van der Waals surface area contributed by atoms with Crippen molar-refractivity contribution in [3.63, 3.8) is 0 Å². The topological polar surface area (TPSA) is 124 Å². The number of aliphatic hydroxyl groups is 1. The standard InChI is InChI=1S/C21H21N3O.C7H12N2O2.CH3F/c1-12-2-4-13(5-3-12)21-16-10-14(25)6-7-15(16)20-17(11-22)18(23)8-9-19(20)24-21;1-7(11)9-4-2-8(6-10)3-5-9;1-2/h2-5,8-9,11,14,22,25H,6-7,10,23H2,1H3;6H,2-5H2,1H3;1H3. The van der Waals surface area contributed by atoms with Crippen LogP contribution in [0.25, 0.3) is 22.2 Å². The van der Waals surface area contributed by atoms with Crippen molar-refractivity contribution < 1.29 is 19.1 Å². The first-order valence-corrected chi connectivity index (χ1v) is 12.6. The van der Waals surface area contributed by atoms with Gasteiger partial charge < -0.3 is 26.0 Å². The minimum Gasteiger partial charge on any atom is -0.398 e. The van der Waals surface area contributed by atoms with Gasteiger partial charge in [-0.25, -0.2) is 4.98 Å². The maximum Gasteiger partial charge on any atom is 0.219 e. The maximum atomic E-state index is 10.8. The van der Waals surface area contributed by atoms with Crippen molar-refractivity contribution in [3.8, 4) is 11.3 Å². The minimum absolute atomic E-state index is 0.0931. The zero-order chi connectivity index (χ0) is 27.8. The number of nitrogens with one attached hydrogen (secondary N) is 1. The summed E-state index contributed by atoms with van der Waals surface area (Å²) in [6.45, 7) is 6.31. The molecule has 1 saturated heterocycles. The first kappa shape index (κ1) is 28.7. The van der Waals surface area contributed by atoms with Crippen molar-refractivity contribution >= 4 is 35.1 Å². The Hall–Kier alpha value is -3.85. The number of nitrogens with zero attached hydrogens (tertiary/aromatic N) is 3. The number of nitrogens with two attached hydrogens (primary N) is 1. The SMILES string of the molecule is CC(=O)N1CCN(C=O)CC1.CF.Cc1ccc(-c2nc3ccc(N)c(C=N)c3c3c2CC(O)CC3)cc1. The smallest absolute Gasteiger partial charge is 0.219 e. The molecule has 0 spiro atoms. The molecule has 8 nitrogen and oxygen atoms in total. The van der Waals surface area contributed by atoms with Crippen LogP contribution in [0.15, 0.2) is 36.4 Å². The van der Waals surface area contributed by atoms with E-state index in [4.69, 9.17) is 16.1 Å². The Kier molecular flexibility index (Phi) is 9.90. The average Bonchev–Trinajstić information content (AvgIpc) is 2.94. The monoisotopic (exact) mass is 521 g/mol. The molecule has 1 aromatic heterocycles. The summed E-state index contributed by atoms with van der Waals surface area (Å²) in [7, 11) is 0.500. The van der Waals surface area contributed by atoms with E-state index in [2.05, 4.69) is 31.2 Å². The van der Waals surface area contributed by atoms with E-state index in [1.807, 2.05) is 12.1 Å². The molecular formula is C29H36FN5O3. The molecule has 0 bridgehead atoms. The number of pyridine rings is 1. The number of anilines is 1.